The quantitative estimate of drug-likeness (QED) is 0.309. The van der Waals surface area contributed by atoms with Crippen LogP contribution in [0.1, 0.15) is 11.1 Å². The smallest absolute Gasteiger partial charge is 0.341 e. The van der Waals surface area contributed by atoms with Crippen molar-refractivity contribution in [3.05, 3.63) is 50.6 Å². The molecule has 0 spiro atoms. The number of ether oxygens (including phenoxy) is 3. The molecular weight excluding hydrogens is 503 g/mol. The molecule has 0 aliphatic carbocycles. The van der Waals surface area contributed by atoms with Gasteiger partial charge >= 0.3 is 5.97 Å². The molecule has 0 unspecified atom stereocenters. The summed E-state index contributed by atoms with van der Waals surface area (Å²) in [7, 11) is 2.90. The summed E-state index contributed by atoms with van der Waals surface area (Å²) in [4.78, 5) is 23.4. The third-order valence-corrected chi connectivity index (χ3v) is 4.67. The van der Waals surface area contributed by atoms with Gasteiger partial charge < -0.3 is 24.6 Å². The Bertz CT molecular complexity index is 1040. The van der Waals surface area contributed by atoms with Gasteiger partial charge in [-0.15, -0.1) is 0 Å². The lowest BCUT2D eigenvalue weighted by Crippen LogP contribution is -2.14. The number of halogens is 1. The Morgan fingerprint density at radius 1 is 1.20 bits per heavy atom. The van der Waals surface area contributed by atoms with Gasteiger partial charge in [-0.05, 0) is 71.0 Å². The van der Waals surface area contributed by atoms with Crippen LogP contribution in [0, 0.1) is 21.8 Å². The number of carbonyl (C=O) groups excluding carboxylic acids is 1. The highest BCUT2D eigenvalue weighted by molar-refractivity contribution is 14.1. The van der Waals surface area contributed by atoms with Crippen LogP contribution in [0.4, 0.5) is 5.69 Å². The number of aliphatic carboxylic acids is 1. The first-order valence-electron chi connectivity index (χ1n) is 8.59. The molecule has 2 rings (SSSR count). The maximum Gasteiger partial charge on any atom is 0.341 e. The van der Waals surface area contributed by atoms with E-state index in [2.05, 4.69) is 5.32 Å². The van der Waals surface area contributed by atoms with Crippen molar-refractivity contribution in [3.63, 3.8) is 0 Å². The first-order chi connectivity index (χ1) is 14.3. The van der Waals surface area contributed by atoms with Crippen LogP contribution >= 0.6 is 22.6 Å². The predicted octanol–water partition coefficient (Wildman–Crippen LogP) is 3.63. The molecule has 156 valence electrons. The maximum atomic E-state index is 12.6. The largest absolute Gasteiger partial charge is 0.495 e. The number of nitrogens with zero attached hydrogens (tertiary/aromatic N) is 1. The number of amides is 1. The van der Waals surface area contributed by atoms with Crippen molar-refractivity contribution in [2.45, 2.75) is 6.92 Å². The van der Waals surface area contributed by atoms with E-state index in [1.54, 1.807) is 24.3 Å². The number of carboxylic acids is 1. The monoisotopic (exact) mass is 522 g/mol. The average molecular weight is 522 g/mol. The Morgan fingerprint density at radius 2 is 1.90 bits per heavy atom. The highest BCUT2D eigenvalue weighted by atomic mass is 127. The first-order valence-corrected chi connectivity index (χ1v) is 9.66. The van der Waals surface area contributed by atoms with E-state index in [0.29, 0.717) is 20.6 Å². The van der Waals surface area contributed by atoms with Crippen molar-refractivity contribution in [1.29, 1.82) is 5.26 Å². The number of hydrogen-bond acceptors (Lipinski definition) is 6. The fourth-order valence-electron chi connectivity index (χ4n) is 2.52. The van der Waals surface area contributed by atoms with Crippen molar-refractivity contribution in [3.8, 4) is 23.3 Å². The molecule has 30 heavy (non-hydrogen) atoms. The number of rotatable bonds is 8. The van der Waals surface area contributed by atoms with Gasteiger partial charge in [-0.25, -0.2) is 4.79 Å². The molecular formula is C21H19IN2O6. The van der Waals surface area contributed by atoms with Gasteiger partial charge in [0.15, 0.2) is 18.1 Å². The standard InChI is InChI=1S/C21H19IN2O6/c1-12-4-5-17(28-2)16(6-12)24-21(27)14(10-23)7-13-8-15(22)20(18(9-13)29-3)30-11-19(25)26/h4-9H,11H2,1-3H3,(H,24,27)(H,25,26)/b14-7+. The zero-order valence-corrected chi connectivity index (χ0v) is 18.6. The lowest BCUT2D eigenvalue weighted by atomic mass is 10.1. The van der Waals surface area contributed by atoms with E-state index in [0.717, 1.165) is 5.56 Å². The molecule has 2 aromatic rings. The fraction of sp³-hybridized carbons (Fsp3) is 0.190. The van der Waals surface area contributed by atoms with Crippen molar-refractivity contribution in [2.24, 2.45) is 0 Å². The molecule has 9 heteroatoms. The molecule has 1 amide bonds. The van der Waals surface area contributed by atoms with Gasteiger partial charge in [-0.1, -0.05) is 6.07 Å². The van der Waals surface area contributed by atoms with Crippen LogP contribution in [0.15, 0.2) is 35.9 Å². The van der Waals surface area contributed by atoms with Crippen molar-refractivity contribution in [1.82, 2.24) is 0 Å². The number of nitriles is 1. The second-order valence-electron chi connectivity index (χ2n) is 6.04. The molecule has 0 fully saturated rings. The minimum Gasteiger partial charge on any atom is -0.495 e. The molecule has 0 heterocycles. The summed E-state index contributed by atoms with van der Waals surface area (Å²) in [5.74, 6) is -0.687. The highest BCUT2D eigenvalue weighted by Crippen LogP contribution is 2.34. The summed E-state index contributed by atoms with van der Waals surface area (Å²) in [6.07, 6.45) is 1.41. The second-order valence-corrected chi connectivity index (χ2v) is 7.21. The van der Waals surface area contributed by atoms with Gasteiger partial charge in [-0.2, -0.15) is 5.26 Å². The van der Waals surface area contributed by atoms with Gasteiger partial charge in [0.1, 0.15) is 17.4 Å². The molecule has 0 aliphatic heterocycles. The summed E-state index contributed by atoms with van der Waals surface area (Å²) in [6, 6.07) is 10.4. The van der Waals surface area contributed by atoms with E-state index in [9.17, 15) is 14.9 Å². The van der Waals surface area contributed by atoms with E-state index in [1.807, 2.05) is 41.7 Å². The summed E-state index contributed by atoms with van der Waals surface area (Å²) in [5, 5.41) is 21.0. The van der Waals surface area contributed by atoms with Gasteiger partial charge in [0.05, 0.1) is 23.5 Å². The molecule has 0 aliphatic rings. The lowest BCUT2D eigenvalue weighted by Gasteiger charge is -2.13. The molecule has 0 saturated heterocycles. The minimum atomic E-state index is -1.12. The van der Waals surface area contributed by atoms with Crippen molar-refractivity contribution in [2.75, 3.05) is 26.1 Å². The Balaban J connectivity index is 2.34. The third-order valence-electron chi connectivity index (χ3n) is 3.87. The van der Waals surface area contributed by atoms with Gasteiger partial charge in [0.2, 0.25) is 0 Å². The zero-order chi connectivity index (χ0) is 22.3. The molecule has 2 aromatic carbocycles. The Kier molecular flexibility index (Phi) is 8.06. The summed E-state index contributed by atoms with van der Waals surface area (Å²) < 4.78 is 16.3. The van der Waals surface area contributed by atoms with Crippen molar-refractivity contribution >= 4 is 46.2 Å². The normalized spacial score (nSPS) is 10.7. The number of aryl methyl sites for hydroxylation is 1. The van der Waals surface area contributed by atoms with E-state index < -0.39 is 18.5 Å². The van der Waals surface area contributed by atoms with Crippen LogP contribution < -0.4 is 19.5 Å². The van der Waals surface area contributed by atoms with E-state index in [4.69, 9.17) is 19.3 Å². The lowest BCUT2D eigenvalue weighted by molar-refractivity contribution is -0.139. The Labute approximate surface area is 187 Å². The van der Waals surface area contributed by atoms with E-state index in [1.165, 1.54) is 20.3 Å². The Hall–Kier alpha value is -3.26. The fourth-order valence-corrected chi connectivity index (χ4v) is 3.30. The number of methoxy groups -OCH3 is 2. The number of carbonyl (C=O) groups is 2. The SMILES string of the molecule is COc1ccc(C)cc1NC(=O)/C(C#N)=C/c1cc(I)c(OCC(=O)O)c(OC)c1. The van der Waals surface area contributed by atoms with Crippen LogP contribution in [-0.2, 0) is 9.59 Å². The molecule has 0 atom stereocenters. The molecule has 0 aromatic heterocycles. The minimum absolute atomic E-state index is 0.129. The molecule has 8 nitrogen and oxygen atoms in total. The van der Waals surface area contributed by atoms with Crippen molar-refractivity contribution < 1.29 is 28.9 Å². The Morgan fingerprint density at radius 3 is 2.50 bits per heavy atom. The van der Waals surface area contributed by atoms with E-state index >= 15 is 0 Å². The number of anilines is 1. The van der Waals surface area contributed by atoms with Crippen LogP contribution in [0.5, 0.6) is 17.2 Å². The van der Waals surface area contributed by atoms with Crippen LogP contribution in [-0.4, -0.2) is 37.8 Å². The van der Waals surface area contributed by atoms with Crippen LogP contribution in [0.3, 0.4) is 0 Å². The van der Waals surface area contributed by atoms with Gasteiger partial charge in [-0.3, -0.25) is 4.79 Å². The maximum absolute atomic E-state index is 12.6. The molecule has 0 bridgehead atoms. The average Bonchev–Trinajstić information content (AvgIpc) is 2.70. The second kappa shape index (κ2) is 10.5. The predicted molar refractivity (Wildman–Crippen MR) is 119 cm³/mol. The molecule has 2 N–H and O–H groups in total. The zero-order valence-electron chi connectivity index (χ0n) is 16.5. The van der Waals surface area contributed by atoms with E-state index in [-0.39, 0.29) is 17.1 Å². The first kappa shape index (κ1) is 23.0. The number of carboxylic acid groups (broad SMARTS) is 1. The van der Waals surface area contributed by atoms with Crippen LogP contribution in [0.25, 0.3) is 6.08 Å². The molecule has 0 radical (unpaired) electrons. The van der Waals surface area contributed by atoms with Crippen LogP contribution in [0.2, 0.25) is 0 Å². The number of hydrogen-bond donors (Lipinski definition) is 2. The van der Waals surface area contributed by atoms with Gasteiger partial charge in [0.25, 0.3) is 5.91 Å². The summed E-state index contributed by atoms with van der Waals surface area (Å²) in [6.45, 7) is 1.35. The highest BCUT2D eigenvalue weighted by Gasteiger charge is 2.16. The number of nitrogens with one attached hydrogen (secondary N) is 1. The summed E-state index contributed by atoms with van der Waals surface area (Å²) in [5.41, 5.74) is 1.76. The molecule has 0 saturated carbocycles. The third kappa shape index (κ3) is 5.87. The summed E-state index contributed by atoms with van der Waals surface area (Å²) >= 11 is 1.96. The van der Waals surface area contributed by atoms with Gasteiger partial charge in [0, 0.05) is 0 Å². The topological polar surface area (TPSA) is 118 Å². The number of benzene rings is 2.